The summed E-state index contributed by atoms with van der Waals surface area (Å²) in [5.41, 5.74) is 1.65. The number of amides is 1. The summed E-state index contributed by atoms with van der Waals surface area (Å²) in [7, 11) is 0. The number of anilines is 1. The zero-order valence-corrected chi connectivity index (χ0v) is 13.1. The van der Waals surface area contributed by atoms with E-state index in [0.29, 0.717) is 16.7 Å². The topological polar surface area (TPSA) is 59.3 Å². The van der Waals surface area contributed by atoms with Crippen LogP contribution in [-0.2, 0) is 4.79 Å². The van der Waals surface area contributed by atoms with Crippen molar-refractivity contribution in [3.63, 3.8) is 0 Å². The molecular weight excluding hydrogens is 359 g/mol. The largest absolute Gasteiger partial charge is 0.293 e. The molecular formula is C13H10BrFN4OS. The van der Waals surface area contributed by atoms with E-state index < -0.39 is 0 Å². The molecule has 2 heterocycles. The third-order valence-corrected chi connectivity index (χ3v) is 4.01. The Hall–Kier alpha value is -1.80. The number of aromatic nitrogens is 3. The molecule has 0 atom stereocenters. The Morgan fingerprint density at radius 1 is 1.38 bits per heavy atom. The predicted octanol–water partition coefficient (Wildman–Crippen LogP) is 3.32. The molecule has 1 N–H and O–H groups in total. The van der Waals surface area contributed by atoms with Crippen LogP contribution in [0.5, 0.6) is 0 Å². The Balaban J connectivity index is 1.93. The number of fused-ring (bicyclic) bond motifs is 1. The van der Waals surface area contributed by atoms with Crippen LogP contribution < -0.4 is 5.32 Å². The number of hydrogen-bond acceptors (Lipinski definition) is 4. The molecule has 3 rings (SSSR count). The smallest absolute Gasteiger partial charge is 0.250 e. The molecule has 108 valence electrons. The first kappa shape index (κ1) is 14.2. The van der Waals surface area contributed by atoms with Gasteiger partial charge in [0.05, 0.1) is 5.69 Å². The number of carbonyl (C=O) groups excluding carboxylic acids is 1. The molecule has 2 aromatic heterocycles. The molecule has 0 bridgehead atoms. The molecule has 0 unspecified atom stereocenters. The number of carbonyl (C=O) groups is 1. The Bertz CT molecular complexity index is 783. The molecule has 0 aliphatic heterocycles. The van der Waals surface area contributed by atoms with Crippen LogP contribution in [0.2, 0.25) is 0 Å². The molecule has 0 fully saturated rings. The van der Waals surface area contributed by atoms with Crippen LogP contribution in [0, 0.1) is 5.82 Å². The van der Waals surface area contributed by atoms with Crippen molar-refractivity contribution in [3.8, 4) is 11.3 Å². The Labute approximate surface area is 131 Å². The van der Waals surface area contributed by atoms with Gasteiger partial charge in [0, 0.05) is 22.7 Å². The van der Waals surface area contributed by atoms with Gasteiger partial charge < -0.3 is 0 Å². The van der Waals surface area contributed by atoms with E-state index in [0.717, 1.165) is 11.3 Å². The predicted molar refractivity (Wildman–Crippen MR) is 83.3 cm³/mol. The highest BCUT2D eigenvalue weighted by Gasteiger charge is 2.13. The van der Waals surface area contributed by atoms with E-state index in [1.807, 2.05) is 5.38 Å². The summed E-state index contributed by atoms with van der Waals surface area (Å²) in [4.78, 5) is 16.5. The van der Waals surface area contributed by atoms with Crippen molar-refractivity contribution in [3.05, 3.63) is 35.5 Å². The average molecular weight is 369 g/mol. The van der Waals surface area contributed by atoms with E-state index in [-0.39, 0.29) is 17.7 Å². The lowest BCUT2D eigenvalue weighted by Gasteiger charge is -1.99. The summed E-state index contributed by atoms with van der Waals surface area (Å²) >= 11 is 4.61. The molecule has 21 heavy (non-hydrogen) atoms. The van der Waals surface area contributed by atoms with Crippen molar-refractivity contribution >= 4 is 44.1 Å². The SMILES string of the molecule is O=C(CCBr)Nc1nc2scc(-c3ccc(F)cc3)n2n1. The number of hydrogen-bond donors (Lipinski definition) is 1. The van der Waals surface area contributed by atoms with Crippen LogP contribution in [0.4, 0.5) is 10.3 Å². The maximum atomic E-state index is 13.0. The van der Waals surface area contributed by atoms with Gasteiger partial charge in [-0.2, -0.15) is 4.98 Å². The summed E-state index contributed by atoms with van der Waals surface area (Å²) < 4.78 is 14.6. The molecule has 1 amide bonds. The Kier molecular flexibility index (Phi) is 3.98. The number of nitrogens with zero attached hydrogens (tertiary/aromatic N) is 3. The van der Waals surface area contributed by atoms with Crippen molar-refractivity contribution in [1.29, 1.82) is 0 Å². The molecule has 0 spiro atoms. The van der Waals surface area contributed by atoms with Crippen molar-refractivity contribution in [2.45, 2.75) is 6.42 Å². The van der Waals surface area contributed by atoms with Crippen LogP contribution in [0.3, 0.4) is 0 Å². The second-order valence-electron chi connectivity index (χ2n) is 4.24. The first-order chi connectivity index (χ1) is 10.2. The van der Waals surface area contributed by atoms with Gasteiger partial charge in [0.15, 0.2) is 0 Å². The molecule has 0 aliphatic carbocycles. The average Bonchev–Trinajstić information content (AvgIpc) is 3.00. The second-order valence-corrected chi connectivity index (χ2v) is 5.87. The molecule has 0 radical (unpaired) electrons. The highest BCUT2D eigenvalue weighted by atomic mass is 79.9. The van der Waals surface area contributed by atoms with Crippen molar-refractivity contribution in [1.82, 2.24) is 14.6 Å². The lowest BCUT2D eigenvalue weighted by atomic mass is 10.2. The normalized spacial score (nSPS) is 11.0. The van der Waals surface area contributed by atoms with Crippen LogP contribution in [-0.4, -0.2) is 25.8 Å². The number of rotatable bonds is 4. The number of nitrogens with one attached hydrogen (secondary N) is 1. The molecule has 1 aromatic carbocycles. The van der Waals surface area contributed by atoms with Gasteiger partial charge in [0.25, 0.3) is 0 Å². The molecule has 0 saturated heterocycles. The number of benzene rings is 1. The summed E-state index contributed by atoms with van der Waals surface area (Å²) in [6, 6.07) is 6.16. The van der Waals surface area contributed by atoms with E-state index in [9.17, 15) is 9.18 Å². The fraction of sp³-hybridized carbons (Fsp3) is 0.154. The number of halogens is 2. The molecule has 5 nitrogen and oxygen atoms in total. The fourth-order valence-electron chi connectivity index (χ4n) is 1.83. The Morgan fingerprint density at radius 2 is 2.14 bits per heavy atom. The van der Waals surface area contributed by atoms with Gasteiger partial charge in [-0.3, -0.25) is 10.1 Å². The quantitative estimate of drug-likeness (QED) is 0.718. The van der Waals surface area contributed by atoms with Gasteiger partial charge in [0.1, 0.15) is 5.82 Å². The fourth-order valence-corrected chi connectivity index (χ4v) is 3.02. The van der Waals surface area contributed by atoms with Gasteiger partial charge in [-0.25, -0.2) is 8.91 Å². The zero-order valence-electron chi connectivity index (χ0n) is 10.7. The minimum atomic E-state index is -0.286. The van der Waals surface area contributed by atoms with Crippen LogP contribution in [0.15, 0.2) is 29.6 Å². The molecule has 0 aliphatic rings. The van der Waals surface area contributed by atoms with E-state index in [2.05, 4.69) is 31.3 Å². The number of thiazole rings is 1. The summed E-state index contributed by atoms with van der Waals surface area (Å²) in [5, 5.41) is 9.39. The minimum absolute atomic E-state index is 0.145. The number of alkyl halides is 1. The summed E-state index contributed by atoms with van der Waals surface area (Å²) in [5.74, 6) is -0.156. The minimum Gasteiger partial charge on any atom is -0.293 e. The summed E-state index contributed by atoms with van der Waals surface area (Å²) in [6.07, 6.45) is 0.359. The van der Waals surface area contributed by atoms with Gasteiger partial charge in [-0.1, -0.05) is 15.9 Å². The highest BCUT2D eigenvalue weighted by molar-refractivity contribution is 9.09. The van der Waals surface area contributed by atoms with E-state index >= 15 is 0 Å². The van der Waals surface area contributed by atoms with Crippen molar-refractivity contribution < 1.29 is 9.18 Å². The lowest BCUT2D eigenvalue weighted by molar-refractivity contribution is -0.115. The maximum Gasteiger partial charge on any atom is 0.250 e. The van der Waals surface area contributed by atoms with Crippen LogP contribution >= 0.6 is 27.3 Å². The van der Waals surface area contributed by atoms with E-state index in [4.69, 9.17) is 0 Å². The Morgan fingerprint density at radius 3 is 2.86 bits per heavy atom. The van der Waals surface area contributed by atoms with Crippen LogP contribution in [0.25, 0.3) is 16.2 Å². The highest BCUT2D eigenvalue weighted by Crippen LogP contribution is 2.26. The lowest BCUT2D eigenvalue weighted by Crippen LogP contribution is -2.12. The monoisotopic (exact) mass is 368 g/mol. The second kappa shape index (κ2) is 5.90. The first-order valence-corrected chi connectivity index (χ1v) is 8.13. The van der Waals surface area contributed by atoms with Gasteiger partial charge >= 0.3 is 0 Å². The zero-order chi connectivity index (χ0) is 14.8. The van der Waals surface area contributed by atoms with E-state index in [1.165, 1.54) is 23.5 Å². The standard InChI is InChI=1S/C13H10BrFN4OS/c14-6-5-11(20)16-12-17-13-19(18-12)10(7-21-13)8-1-3-9(15)4-2-8/h1-4,7H,5-6H2,(H,16,18,20). The van der Waals surface area contributed by atoms with Crippen molar-refractivity contribution in [2.24, 2.45) is 0 Å². The van der Waals surface area contributed by atoms with Gasteiger partial charge in [-0.05, 0) is 24.3 Å². The third kappa shape index (κ3) is 2.96. The summed E-state index contributed by atoms with van der Waals surface area (Å²) in [6.45, 7) is 0. The van der Waals surface area contributed by atoms with Gasteiger partial charge in [-0.15, -0.1) is 16.4 Å². The van der Waals surface area contributed by atoms with Crippen LogP contribution in [0.1, 0.15) is 6.42 Å². The first-order valence-electron chi connectivity index (χ1n) is 6.13. The van der Waals surface area contributed by atoms with Gasteiger partial charge in [0.2, 0.25) is 16.8 Å². The third-order valence-electron chi connectivity index (χ3n) is 2.79. The van der Waals surface area contributed by atoms with E-state index in [1.54, 1.807) is 16.6 Å². The molecule has 3 aromatic rings. The maximum absolute atomic E-state index is 13.0. The molecule has 0 saturated carbocycles. The van der Waals surface area contributed by atoms with Crippen molar-refractivity contribution in [2.75, 3.05) is 10.6 Å². The molecule has 8 heteroatoms.